The highest BCUT2D eigenvalue weighted by Gasteiger charge is 2.10. The van der Waals surface area contributed by atoms with Crippen LogP contribution in [-0.2, 0) is 9.53 Å². The van der Waals surface area contributed by atoms with E-state index in [1.54, 1.807) is 0 Å². The van der Waals surface area contributed by atoms with Crippen molar-refractivity contribution in [1.82, 2.24) is 10.2 Å². The third-order valence-electron chi connectivity index (χ3n) is 8.17. The van der Waals surface area contributed by atoms with E-state index in [0.717, 1.165) is 31.7 Å². The third-order valence-corrected chi connectivity index (χ3v) is 8.17. The molecule has 0 aromatic rings. The van der Waals surface area contributed by atoms with Gasteiger partial charge in [0.25, 0.3) is 0 Å². The number of rotatable bonds is 30. The minimum Gasteiger partial charge on any atom is -0.449 e. The topological polar surface area (TPSA) is 58.6 Å². The molecule has 0 aromatic carbocycles. The van der Waals surface area contributed by atoms with Crippen molar-refractivity contribution in [3.05, 3.63) is 0 Å². The molecular weight excluding hydrogens is 496 g/mol. The van der Waals surface area contributed by atoms with Gasteiger partial charge in [0.2, 0.25) is 5.91 Å². The van der Waals surface area contributed by atoms with Crippen LogP contribution in [0.3, 0.4) is 0 Å². The van der Waals surface area contributed by atoms with Gasteiger partial charge >= 0.3 is 6.09 Å². The van der Waals surface area contributed by atoms with Gasteiger partial charge in [-0.25, -0.2) is 4.79 Å². The fourth-order valence-corrected chi connectivity index (χ4v) is 5.57. The number of ether oxygens (including phenoxy) is 1. The first-order valence-corrected chi connectivity index (χ1v) is 17.6. The molecule has 0 atom stereocenters. The smallest absolute Gasteiger partial charge is 0.413 e. The SMILES string of the molecule is CCCCCCCCCCC(CCCCCCCCCC)CCCCCCCOC(=O)NC(=O)CCCN(C)C. The van der Waals surface area contributed by atoms with E-state index in [4.69, 9.17) is 4.74 Å². The summed E-state index contributed by atoms with van der Waals surface area (Å²) < 4.78 is 5.19. The summed E-state index contributed by atoms with van der Waals surface area (Å²) in [6.07, 6.45) is 33.2. The number of carbonyl (C=O) groups is 2. The van der Waals surface area contributed by atoms with Gasteiger partial charge in [-0.1, -0.05) is 162 Å². The molecule has 1 N–H and O–H groups in total. The summed E-state index contributed by atoms with van der Waals surface area (Å²) in [7, 11) is 3.95. The fraction of sp³-hybridized carbons (Fsp3) is 0.943. The highest BCUT2D eigenvalue weighted by atomic mass is 16.5. The lowest BCUT2D eigenvalue weighted by atomic mass is 9.89. The molecule has 238 valence electrons. The highest BCUT2D eigenvalue weighted by molar-refractivity contribution is 5.91. The van der Waals surface area contributed by atoms with Gasteiger partial charge in [0.1, 0.15) is 0 Å². The molecule has 5 heteroatoms. The van der Waals surface area contributed by atoms with Gasteiger partial charge in [-0.15, -0.1) is 0 Å². The highest BCUT2D eigenvalue weighted by Crippen LogP contribution is 2.25. The fourth-order valence-electron chi connectivity index (χ4n) is 5.57. The summed E-state index contributed by atoms with van der Waals surface area (Å²) in [5.41, 5.74) is 0. The molecule has 5 nitrogen and oxygen atoms in total. The summed E-state index contributed by atoms with van der Waals surface area (Å²) in [5, 5.41) is 2.33. The molecule has 0 aliphatic heterocycles. The Kier molecular flexibility index (Phi) is 30.0. The van der Waals surface area contributed by atoms with Crippen LogP contribution < -0.4 is 5.32 Å². The first-order valence-electron chi connectivity index (χ1n) is 17.6. The Bertz CT molecular complexity index is 533. The number of nitrogens with one attached hydrogen (secondary N) is 1. The summed E-state index contributed by atoms with van der Waals surface area (Å²) >= 11 is 0. The summed E-state index contributed by atoms with van der Waals surface area (Å²) in [5.74, 6) is 0.669. The molecule has 0 aliphatic carbocycles. The number of unbranched alkanes of at least 4 members (excludes halogenated alkanes) is 18. The Morgan fingerprint density at radius 2 is 0.975 bits per heavy atom. The molecule has 0 bridgehead atoms. The van der Waals surface area contributed by atoms with E-state index in [1.165, 1.54) is 141 Å². The Labute approximate surface area is 250 Å². The molecule has 0 saturated heterocycles. The van der Waals surface area contributed by atoms with Gasteiger partial charge in [-0.3, -0.25) is 10.1 Å². The molecule has 0 saturated carbocycles. The van der Waals surface area contributed by atoms with Crippen LogP contribution in [-0.4, -0.2) is 44.1 Å². The van der Waals surface area contributed by atoms with Crippen LogP contribution in [0.4, 0.5) is 4.79 Å². The number of carbonyl (C=O) groups excluding carboxylic acids is 2. The van der Waals surface area contributed by atoms with Crippen LogP contribution in [0.5, 0.6) is 0 Å². The zero-order valence-corrected chi connectivity index (χ0v) is 27.5. The van der Waals surface area contributed by atoms with Crippen molar-refractivity contribution in [2.75, 3.05) is 27.2 Å². The van der Waals surface area contributed by atoms with E-state index in [1.807, 2.05) is 19.0 Å². The van der Waals surface area contributed by atoms with Gasteiger partial charge in [0.05, 0.1) is 6.61 Å². The Balaban J connectivity index is 3.96. The molecule has 0 unspecified atom stereocenters. The van der Waals surface area contributed by atoms with Crippen LogP contribution in [0, 0.1) is 5.92 Å². The molecule has 40 heavy (non-hydrogen) atoms. The normalized spacial score (nSPS) is 11.4. The van der Waals surface area contributed by atoms with E-state index in [-0.39, 0.29) is 5.91 Å². The van der Waals surface area contributed by atoms with Gasteiger partial charge in [0.15, 0.2) is 0 Å². The van der Waals surface area contributed by atoms with Crippen LogP contribution >= 0.6 is 0 Å². The van der Waals surface area contributed by atoms with Crippen molar-refractivity contribution in [3.63, 3.8) is 0 Å². The zero-order chi connectivity index (χ0) is 29.5. The van der Waals surface area contributed by atoms with E-state index >= 15 is 0 Å². The molecule has 0 radical (unpaired) electrons. The molecule has 0 aromatic heterocycles. The minimum atomic E-state index is -0.598. The number of imide groups is 1. The number of nitrogens with zero attached hydrogens (tertiary/aromatic N) is 1. The van der Waals surface area contributed by atoms with Gasteiger partial charge in [-0.2, -0.15) is 0 Å². The first kappa shape index (κ1) is 38.9. The maximum absolute atomic E-state index is 11.8. The first-order chi connectivity index (χ1) is 19.5. The molecule has 0 fully saturated rings. The standard InChI is InChI=1S/C35H70N2O3/c1-5-7-9-11-13-15-18-22-27-33(28-23-19-16-14-12-10-8-6-2)29-24-20-17-21-25-32-40-35(39)36-34(38)30-26-31-37(3)4/h33H,5-32H2,1-4H3,(H,36,38,39). The van der Waals surface area contributed by atoms with Crippen LogP contribution in [0.2, 0.25) is 0 Å². The van der Waals surface area contributed by atoms with Crippen molar-refractivity contribution in [2.45, 2.75) is 181 Å². The van der Waals surface area contributed by atoms with E-state index in [0.29, 0.717) is 13.0 Å². The summed E-state index contributed by atoms with van der Waals surface area (Å²) in [6, 6.07) is 0. The average Bonchev–Trinajstić information content (AvgIpc) is 2.92. The van der Waals surface area contributed by atoms with E-state index < -0.39 is 6.09 Å². The number of amides is 2. The van der Waals surface area contributed by atoms with Gasteiger partial charge < -0.3 is 9.64 Å². The molecule has 0 spiro atoms. The maximum Gasteiger partial charge on any atom is 0.413 e. The molecule has 0 rings (SSSR count). The average molecular weight is 567 g/mol. The second kappa shape index (κ2) is 30.8. The van der Waals surface area contributed by atoms with E-state index in [2.05, 4.69) is 19.2 Å². The van der Waals surface area contributed by atoms with Crippen molar-refractivity contribution >= 4 is 12.0 Å². The van der Waals surface area contributed by atoms with Gasteiger partial charge in [-0.05, 0) is 39.4 Å². The molecular formula is C35H70N2O3. The third kappa shape index (κ3) is 29.9. The van der Waals surface area contributed by atoms with Crippen molar-refractivity contribution in [2.24, 2.45) is 5.92 Å². The van der Waals surface area contributed by atoms with Crippen LogP contribution in [0.15, 0.2) is 0 Å². The van der Waals surface area contributed by atoms with Crippen molar-refractivity contribution < 1.29 is 14.3 Å². The molecule has 0 heterocycles. The van der Waals surface area contributed by atoms with Crippen LogP contribution in [0.1, 0.15) is 181 Å². The predicted octanol–water partition coefficient (Wildman–Crippen LogP) is 10.6. The van der Waals surface area contributed by atoms with Crippen molar-refractivity contribution in [3.8, 4) is 0 Å². The molecule has 0 aliphatic rings. The Hall–Kier alpha value is -1.10. The Morgan fingerprint density at radius 1 is 0.575 bits per heavy atom. The lowest BCUT2D eigenvalue weighted by Gasteiger charge is -2.17. The number of alkyl carbamates (subject to hydrolysis) is 1. The zero-order valence-electron chi connectivity index (χ0n) is 27.5. The number of hydrogen-bond acceptors (Lipinski definition) is 4. The quantitative estimate of drug-likeness (QED) is 0.0878. The lowest BCUT2D eigenvalue weighted by molar-refractivity contribution is -0.120. The summed E-state index contributed by atoms with van der Waals surface area (Å²) in [4.78, 5) is 25.6. The monoisotopic (exact) mass is 567 g/mol. The maximum atomic E-state index is 11.8. The number of hydrogen-bond donors (Lipinski definition) is 1. The van der Waals surface area contributed by atoms with Crippen LogP contribution in [0.25, 0.3) is 0 Å². The van der Waals surface area contributed by atoms with E-state index in [9.17, 15) is 9.59 Å². The molecule has 2 amide bonds. The largest absolute Gasteiger partial charge is 0.449 e. The predicted molar refractivity (Wildman–Crippen MR) is 173 cm³/mol. The summed E-state index contributed by atoms with van der Waals surface area (Å²) in [6.45, 7) is 5.82. The van der Waals surface area contributed by atoms with Crippen molar-refractivity contribution in [1.29, 1.82) is 0 Å². The minimum absolute atomic E-state index is 0.250. The second-order valence-electron chi connectivity index (χ2n) is 12.5. The lowest BCUT2D eigenvalue weighted by Crippen LogP contribution is -2.31. The Morgan fingerprint density at radius 3 is 1.40 bits per heavy atom. The second-order valence-corrected chi connectivity index (χ2v) is 12.5. The van der Waals surface area contributed by atoms with Gasteiger partial charge in [0, 0.05) is 6.42 Å².